The van der Waals surface area contributed by atoms with Crippen LogP contribution in [-0.4, -0.2) is 28.5 Å². The number of furan rings is 1. The Morgan fingerprint density at radius 2 is 1.69 bits per heavy atom. The number of carbonyl (C=O) groups excluding carboxylic acids is 1. The highest BCUT2D eigenvalue weighted by molar-refractivity contribution is 9.10. The number of sulfonamides is 1. The third kappa shape index (κ3) is 4.72. The van der Waals surface area contributed by atoms with Crippen LogP contribution in [-0.2, 0) is 10.0 Å². The lowest BCUT2D eigenvalue weighted by Crippen LogP contribution is -2.16. The first-order valence-corrected chi connectivity index (χ1v) is 10.5. The molecule has 1 heterocycles. The van der Waals surface area contributed by atoms with E-state index < -0.39 is 15.9 Å². The normalized spacial score (nSPS) is 11.0. The molecule has 10 heteroatoms. The quantitative estimate of drug-likeness (QED) is 0.526. The van der Waals surface area contributed by atoms with Gasteiger partial charge in [0.2, 0.25) is 0 Å². The highest BCUT2D eigenvalue weighted by Gasteiger charge is 2.21. The molecule has 1 aromatic heterocycles. The molecule has 1 amide bonds. The second kappa shape index (κ2) is 8.58. The molecule has 29 heavy (non-hydrogen) atoms. The monoisotopic (exact) mass is 480 g/mol. The number of halogens is 1. The van der Waals surface area contributed by atoms with Crippen molar-refractivity contribution < 1.29 is 27.1 Å². The fourth-order valence-corrected chi connectivity index (χ4v) is 4.29. The Labute approximate surface area is 176 Å². The van der Waals surface area contributed by atoms with E-state index >= 15 is 0 Å². The molecule has 3 rings (SSSR count). The minimum Gasteiger partial charge on any atom is -0.496 e. The second-order valence-corrected chi connectivity index (χ2v) is 8.29. The van der Waals surface area contributed by atoms with Crippen LogP contribution in [0, 0.1) is 0 Å². The molecule has 0 saturated carbocycles. The van der Waals surface area contributed by atoms with Crippen molar-refractivity contribution in [1.82, 2.24) is 0 Å². The van der Waals surface area contributed by atoms with E-state index in [0.29, 0.717) is 21.5 Å². The number of amides is 1. The molecule has 152 valence electrons. The molecule has 0 bridgehead atoms. The van der Waals surface area contributed by atoms with E-state index in [2.05, 4.69) is 26.0 Å². The lowest BCUT2D eigenvalue weighted by atomic mass is 10.2. The van der Waals surface area contributed by atoms with Crippen molar-refractivity contribution in [1.29, 1.82) is 0 Å². The molecule has 0 fully saturated rings. The molecular weight excluding hydrogens is 464 g/mol. The van der Waals surface area contributed by atoms with Crippen LogP contribution in [0.15, 0.2) is 68.8 Å². The Morgan fingerprint density at radius 3 is 2.31 bits per heavy atom. The van der Waals surface area contributed by atoms with Gasteiger partial charge in [-0.1, -0.05) is 0 Å². The molecule has 2 aromatic carbocycles. The molecule has 0 aliphatic heterocycles. The summed E-state index contributed by atoms with van der Waals surface area (Å²) in [7, 11) is -1.14. The zero-order valence-electron chi connectivity index (χ0n) is 15.4. The SMILES string of the molecule is COc1ccc(NS(=O)(=O)c2cc(NC(=O)c3ccoc3)ccc2OC)cc1Br. The maximum Gasteiger partial charge on any atom is 0.265 e. The number of hydrogen-bond donors (Lipinski definition) is 2. The lowest BCUT2D eigenvalue weighted by Gasteiger charge is -2.14. The molecule has 8 nitrogen and oxygen atoms in total. The first-order valence-electron chi connectivity index (χ1n) is 8.22. The van der Waals surface area contributed by atoms with Gasteiger partial charge in [-0.05, 0) is 58.4 Å². The van der Waals surface area contributed by atoms with E-state index in [4.69, 9.17) is 13.9 Å². The summed E-state index contributed by atoms with van der Waals surface area (Å²) in [6, 6.07) is 10.6. The van der Waals surface area contributed by atoms with Gasteiger partial charge in [0.1, 0.15) is 22.7 Å². The van der Waals surface area contributed by atoms with E-state index in [9.17, 15) is 13.2 Å². The number of rotatable bonds is 7. The van der Waals surface area contributed by atoms with Gasteiger partial charge in [-0.3, -0.25) is 9.52 Å². The van der Waals surface area contributed by atoms with Crippen LogP contribution in [0.1, 0.15) is 10.4 Å². The zero-order valence-corrected chi connectivity index (χ0v) is 17.8. The van der Waals surface area contributed by atoms with Crippen LogP contribution < -0.4 is 19.5 Å². The van der Waals surface area contributed by atoms with Gasteiger partial charge in [-0.2, -0.15) is 0 Å². The van der Waals surface area contributed by atoms with Crippen LogP contribution in [0.4, 0.5) is 11.4 Å². The third-order valence-electron chi connectivity index (χ3n) is 3.90. The number of hydrogen-bond acceptors (Lipinski definition) is 6. The van der Waals surface area contributed by atoms with Crippen LogP contribution in [0.5, 0.6) is 11.5 Å². The van der Waals surface area contributed by atoms with E-state index in [1.807, 2.05) is 0 Å². The number of anilines is 2. The summed E-state index contributed by atoms with van der Waals surface area (Å²) in [6.45, 7) is 0. The van der Waals surface area contributed by atoms with Crippen LogP contribution in [0.2, 0.25) is 0 Å². The number of methoxy groups -OCH3 is 2. The first-order chi connectivity index (χ1) is 13.8. The average molecular weight is 481 g/mol. The van der Waals surface area contributed by atoms with E-state index in [1.54, 1.807) is 24.3 Å². The first kappa shape index (κ1) is 20.7. The van der Waals surface area contributed by atoms with E-state index in [1.165, 1.54) is 44.9 Å². The Hall–Kier alpha value is -2.98. The Balaban J connectivity index is 1.90. The molecule has 0 unspecified atom stereocenters. The van der Waals surface area contributed by atoms with Gasteiger partial charge in [-0.15, -0.1) is 0 Å². The maximum atomic E-state index is 12.9. The third-order valence-corrected chi connectivity index (χ3v) is 5.92. The Morgan fingerprint density at radius 1 is 1.00 bits per heavy atom. The minimum absolute atomic E-state index is 0.128. The molecular formula is C19H17BrN2O6S. The fourth-order valence-electron chi connectivity index (χ4n) is 2.50. The molecule has 3 aromatic rings. The zero-order chi connectivity index (χ0) is 21.0. The van der Waals surface area contributed by atoms with Crippen molar-refractivity contribution >= 4 is 43.2 Å². The predicted octanol–water partition coefficient (Wildman–Crippen LogP) is 4.11. The summed E-state index contributed by atoms with van der Waals surface area (Å²) in [5.74, 6) is 0.264. The fraction of sp³-hybridized carbons (Fsp3) is 0.105. The predicted molar refractivity (Wildman–Crippen MR) is 111 cm³/mol. The van der Waals surface area contributed by atoms with Crippen LogP contribution >= 0.6 is 15.9 Å². The largest absolute Gasteiger partial charge is 0.496 e. The molecule has 0 aliphatic rings. The van der Waals surface area contributed by atoms with Gasteiger partial charge < -0.3 is 19.2 Å². The van der Waals surface area contributed by atoms with Crippen molar-refractivity contribution in [2.75, 3.05) is 24.3 Å². The van der Waals surface area contributed by atoms with E-state index in [0.717, 1.165) is 0 Å². The molecule has 0 saturated heterocycles. The lowest BCUT2D eigenvalue weighted by molar-refractivity contribution is 0.102. The Bertz CT molecular complexity index is 1130. The van der Waals surface area contributed by atoms with Gasteiger partial charge in [-0.25, -0.2) is 8.42 Å². The van der Waals surface area contributed by atoms with Gasteiger partial charge >= 0.3 is 0 Å². The number of nitrogens with one attached hydrogen (secondary N) is 2. The summed E-state index contributed by atoms with van der Waals surface area (Å²) >= 11 is 3.32. The van der Waals surface area contributed by atoms with Gasteiger partial charge in [0.25, 0.3) is 15.9 Å². The number of ether oxygens (including phenoxy) is 2. The summed E-state index contributed by atoms with van der Waals surface area (Å²) < 4.78 is 44.2. The van der Waals surface area contributed by atoms with Gasteiger partial charge in [0.15, 0.2) is 0 Å². The van der Waals surface area contributed by atoms with Crippen molar-refractivity contribution in [3.63, 3.8) is 0 Å². The Kier molecular flexibility index (Phi) is 6.14. The van der Waals surface area contributed by atoms with Crippen molar-refractivity contribution in [3.05, 3.63) is 65.0 Å². The minimum atomic E-state index is -4.01. The molecule has 0 radical (unpaired) electrons. The average Bonchev–Trinajstić information content (AvgIpc) is 3.23. The van der Waals surface area contributed by atoms with Gasteiger partial charge in [0, 0.05) is 5.69 Å². The smallest absolute Gasteiger partial charge is 0.265 e. The molecule has 0 aliphatic carbocycles. The highest BCUT2D eigenvalue weighted by atomic mass is 79.9. The summed E-state index contributed by atoms with van der Waals surface area (Å²) in [6.07, 6.45) is 2.66. The molecule has 2 N–H and O–H groups in total. The van der Waals surface area contributed by atoms with E-state index in [-0.39, 0.29) is 16.3 Å². The topological polar surface area (TPSA) is 107 Å². The molecule has 0 atom stereocenters. The summed E-state index contributed by atoms with van der Waals surface area (Å²) in [5.41, 5.74) is 0.923. The van der Waals surface area contributed by atoms with Crippen molar-refractivity contribution in [3.8, 4) is 11.5 Å². The maximum absolute atomic E-state index is 12.9. The number of carbonyl (C=O) groups is 1. The van der Waals surface area contributed by atoms with Crippen LogP contribution in [0.25, 0.3) is 0 Å². The molecule has 0 spiro atoms. The van der Waals surface area contributed by atoms with Crippen molar-refractivity contribution in [2.45, 2.75) is 4.90 Å². The van der Waals surface area contributed by atoms with Gasteiger partial charge in [0.05, 0.1) is 36.2 Å². The standard InChI is InChI=1S/C19H17BrN2O6S/c1-26-16-5-4-14(9-15(16)20)22-29(24,25)18-10-13(3-6-17(18)27-2)21-19(23)12-7-8-28-11-12/h3-11,22H,1-2H3,(H,21,23). The second-order valence-electron chi connectivity index (χ2n) is 5.79. The highest BCUT2D eigenvalue weighted by Crippen LogP contribution is 2.32. The summed E-state index contributed by atoms with van der Waals surface area (Å²) in [4.78, 5) is 12.1. The number of benzene rings is 2. The summed E-state index contributed by atoms with van der Waals surface area (Å²) in [5, 5.41) is 2.63. The van der Waals surface area contributed by atoms with Crippen molar-refractivity contribution in [2.24, 2.45) is 0 Å². The van der Waals surface area contributed by atoms with Crippen LogP contribution in [0.3, 0.4) is 0 Å².